The molecule has 0 amide bonds. The van der Waals surface area contributed by atoms with Crippen molar-refractivity contribution >= 4 is 43.6 Å². The largest absolute Gasteiger partial charge is 0.331 e. The second kappa shape index (κ2) is 12.2. The second-order valence-corrected chi connectivity index (χ2v) is 17.0. The number of fused-ring (bicyclic) bond motifs is 14. The quantitative estimate of drug-likeness (QED) is 0.167. The van der Waals surface area contributed by atoms with Gasteiger partial charge in [0.25, 0.3) is 0 Å². The lowest BCUT2D eigenvalue weighted by Gasteiger charge is -2.30. The predicted octanol–water partition coefficient (Wildman–Crippen LogP) is 13.7. The second-order valence-electron chi connectivity index (χ2n) is 17.0. The van der Waals surface area contributed by atoms with Crippen molar-refractivity contribution in [1.29, 1.82) is 0 Å². The van der Waals surface area contributed by atoms with Gasteiger partial charge in [-0.3, -0.25) is 0 Å². The van der Waals surface area contributed by atoms with Gasteiger partial charge < -0.3 is 9.13 Å². The standard InChI is InChI=1S/C57H40N4/c1-33-58-51-28-26-35(30-53(51)60(33)3)37-17-11-19-41-45(37)32-46-38(36-27-29-52-54(31-36)61(4)34(2)59-52)18-12-20-42(46)55(41)44-21-13-25-50-56(44)43-16-7-10-24-49(43)57(50)47-22-8-5-14-39(47)40-15-6-9-23-48(40)57/h5-32H,1-4H3. The van der Waals surface area contributed by atoms with E-state index in [1.807, 2.05) is 0 Å². The van der Waals surface area contributed by atoms with Gasteiger partial charge in [0.2, 0.25) is 0 Å². The van der Waals surface area contributed by atoms with Crippen molar-refractivity contribution in [2.45, 2.75) is 19.3 Å². The summed E-state index contributed by atoms with van der Waals surface area (Å²) >= 11 is 0. The van der Waals surface area contributed by atoms with Gasteiger partial charge in [-0.1, -0.05) is 140 Å². The Bertz CT molecular complexity index is 3520. The van der Waals surface area contributed by atoms with Crippen molar-refractivity contribution in [3.05, 3.63) is 204 Å². The minimum Gasteiger partial charge on any atom is -0.331 e. The van der Waals surface area contributed by atoms with Gasteiger partial charge in [-0.2, -0.15) is 0 Å². The van der Waals surface area contributed by atoms with Crippen LogP contribution in [0, 0.1) is 13.8 Å². The van der Waals surface area contributed by atoms with Crippen LogP contribution in [-0.4, -0.2) is 19.1 Å². The van der Waals surface area contributed by atoms with Gasteiger partial charge in [-0.15, -0.1) is 0 Å². The van der Waals surface area contributed by atoms with Gasteiger partial charge in [0.15, 0.2) is 0 Å². The fraction of sp³-hybridized carbons (Fsp3) is 0.0877. The molecular formula is C57H40N4. The molecule has 2 aliphatic carbocycles. The van der Waals surface area contributed by atoms with Gasteiger partial charge in [-0.25, -0.2) is 9.97 Å². The molecule has 4 heteroatoms. The Morgan fingerprint density at radius 3 is 1.33 bits per heavy atom. The molecule has 0 aliphatic heterocycles. The number of hydrogen-bond donors (Lipinski definition) is 0. The molecule has 61 heavy (non-hydrogen) atoms. The van der Waals surface area contributed by atoms with E-state index in [9.17, 15) is 0 Å². The molecule has 2 aromatic heterocycles. The van der Waals surface area contributed by atoms with Crippen molar-refractivity contribution in [2.75, 3.05) is 0 Å². The van der Waals surface area contributed by atoms with Crippen LogP contribution in [0.1, 0.15) is 33.9 Å². The molecule has 2 heterocycles. The summed E-state index contributed by atoms with van der Waals surface area (Å²) in [4.78, 5) is 9.69. The number of aromatic nitrogens is 4. The summed E-state index contributed by atoms with van der Waals surface area (Å²) in [6.45, 7) is 4.15. The molecule has 4 nitrogen and oxygen atoms in total. The number of nitrogens with zero attached hydrogens (tertiary/aromatic N) is 4. The maximum Gasteiger partial charge on any atom is 0.106 e. The summed E-state index contributed by atoms with van der Waals surface area (Å²) < 4.78 is 4.39. The molecule has 13 rings (SSSR count). The first-order chi connectivity index (χ1) is 29.9. The van der Waals surface area contributed by atoms with Crippen LogP contribution < -0.4 is 0 Å². The molecular weight excluding hydrogens is 741 g/mol. The molecule has 0 saturated heterocycles. The number of benzene rings is 9. The Labute approximate surface area is 354 Å². The van der Waals surface area contributed by atoms with Gasteiger partial charge >= 0.3 is 0 Å². The Hall–Kier alpha value is -7.56. The van der Waals surface area contributed by atoms with Crippen molar-refractivity contribution in [3.63, 3.8) is 0 Å². The molecule has 0 saturated carbocycles. The van der Waals surface area contributed by atoms with Crippen LogP contribution in [0.15, 0.2) is 170 Å². The van der Waals surface area contributed by atoms with Gasteiger partial charge in [0.1, 0.15) is 11.6 Å². The smallest absolute Gasteiger partial charge is 0.106 e. The zero-order chi connectivity index (χ0) is 40.7. The first kappa shape index (κ1) is 34.3. The van der Waals surface area contributed by atoms with E-state index in [0.717, 1.165) is 33.7 Å². The van der Waals surface area contributed by atoms with E-state index in [0.29, 0.717) is 0 Å². The summed E-state index contributed by atoms with van der Waals surface area (Å²) in [6, 6.07) is 64.1. The van der Waals surface area contributed by atoms with Gasteiger partial charge in [-0.05, 0) is 144 Å². The minimum absolute atomic E-state index is 0.431. The van der Waals surface area contributed by atoms with Crippen molar-refractivity contribution in [3.8, 4) is 55.6 Å². The van der Waals surface area contributed by atoms with Gasteiger partial charge in [0.05, 0.1) is 27.5 Å². The lowest BCUT2D eigenvalue weighted by molar-refractivity contribution is 0.794. The summed E-state index contributed by atoms with van der Waals surface area (Å²) in [5.74, 6) is 2.01. The predicted molar refractivity (Wildman–Crippen MR) is 252 cm³/mol. The van der Waals surface area contributed by atoms with Crippen molar-refractivity contribution < 1.29 is 0 Å². The highest BCUT2D eigenvalue weighted by molar-refractivity contribution is 6.21. The van der Waals surface area contributed by atoms with E-state index in [2.05, 4.69) is 207 Å². The number of imidazole rings is 2. The fourth-order valence-electron chi connectivity index (χ4n) is 11.3. The molecule has 0 N–H and O–H groups in total. The fourth-order valence-corrected chi connectivity index (χ4v) is 11.3. The van der Waals surface area contributed by atoms with Crippen molar-refractivity contribution in [2.24, 2.45) is 14.1 Å². The summed E-state index contributed by atoms with van der Waals surface area (Å²) in [5.41, 5.74) is 21.8. The SMILES string of the molecule is Cc1nc2ccc(-c3cccc4c(-c5cccc6c5-c5ccccc5C65c6ccccc6-c6ccccc65)c5cccc(-c6ccc7nc(C)n(C)c7c6)c5cc34)cc2n1C. The summed E-state index contributed by atoms with van der Waals surface area (Å²) in [7, 11) is 4.22. The monoisotopic (exact) mass is 780 g/mol. The molecule has 0 radical (unpaired) electrons. The molecule has 288 valence electrons. The van der Waals surface area contributed by atoms with Crippen LogP contribution in [-0.2, 0) is 19.5 Å². The van der Waals surface area contributed by atoms with Crippen LogP contribution >= 0.6 is 0 Å². The van der Waals surface area contributed by atoms with E-state index in [-0.39, 0.29) is 0 Å². The first-order valence-corrected chi connectivity index (χ1v) is 21.2. The Morgan fingerprint density at radius 2 is 0.787 bits per heavy atom. The number of rotatable bonds is 3. The Kier molecular flexibility index (Phi) is 6.89. The molecule has 0 unspecified atom stereocenters. The van der Waals surface area contributed by atoms with Gasteiger partial charge in [0, 0.05) is 14.1 Å². The zero-order valence-electron chi connectivity index (χ0n) is 34.5. The summed E-state index contributed by atoms with van der Waals surface area (Å²) in [5, 5.41) is 4.92. The maximum absolute atomic E-state index is 4.85. The van der Waals surface area contributed by atoms with Crippen LogP contribution in [0.3, 0.4) is 0 Å². The van der Waals surface area contributed by atoms with Crippen LogP contribution in [0.5, 0.6) is 0 Å². The highest BCUT2D eigenvalue weighted by Gasteiger charge is 2.52. The minimum atomic E-state index is -0.431. The van der Waals surface area contributed by atoms with E-state index in [1.165, 1.54) is 99.4 Å². The molecule has 0 bridgehead atoms. The van der Waals surface area contributed by atoms with E-state index < -0.39 is 5.41 Å². The average Bonchev–Trinajstić information content (AvgIpc) is 3.98. The van der Waals surface area contributed by atoms with Crippen molar-refractivity contribution in [1.82, 2.24) is 19.1 Å². The topological polar surface area (TPSA) is 35.6 Å². The Balaban J connectivity index is 1.17. The van der Waals surface area contributed by atoms with Crippen LogP contribution in [0.2, 0.25) is 0 Å². The van der Waals surface area contributed by atoms with E-state index in [1.54, 1.807) is 0 Å². The highest BCUT2D eigenvalue weighted by atomic mass is 15.1. The maximum atomic E-state index is 4.85. The summed E-state index contributed by atoms with van der Waals surface area (Å²) in [6.07, 6.45) is 0. The van der Waals surface area contributed by atoms with E-state index in [4.69, 9.17) is 9.97 Å². The lowest BCUT2D eigenvalue weighted by atomic mass is 9.70. The lowest BCUT2D eigenvalue weighted by Crippen LogP contribution is -2.25. The molecule has 0 fully saturated rings. The molecule has 9 aromatic carbocycles. The number of hydrogen-bond acceptors (Lipinski definition) is 2. The van der Waals surface area contributed by atoms with E-state index >= 15 is 0 Å². The molecule has 0 atom stereocenters. The highest BCUT2D eigenvalue weighted by Crippen LogP contribution is 2.64. The average molecular weight is 781 g/mol. The Morgan fingerprint density at radius 1 is 0.361 bits per heavy atom. The number of aryl methyl sites for hydroxylation is 4. The van der Waals surface area contributed by atoms with Crippen LogP contribution in [0.25, 0.3) is 99.2 Å². The normalized spacial score (nSPS) is 13.4. The zero-order valence-corrected chi connectivity index (χ0v) is 34.5. The first-order valence-electron chi connectivity index (χ1n) is 21.2. The third-order valence-electron chi connectivity index (χ3n) is 14.2. The molecule has 2 aliphatic rings. The van der Waals surface area contributed by atoms with Crippen LogP contribution in [0.4, 0.5) is 0 Å². The third kappa shape index (κ3) is 4.44. The third-order valence-corrected chi connectivity index (χ3v) is 14.2. The molecule has 1 spiro atoms. The molecule has 11 aromatic rings.